The van der Waals surface area contributed by atoms with Crippen molar-refractivity contribution in [2.24, 2.45) is 5.92 Å². The molecular weight excluding hydrogens is 366 g/mol. The number of benzene rings is 1. The minimum Gasteiger partial charge on any atom is -0.369 e. The predicted octanol–water partition coefficient (Wildman–Crippen LogP) is 2.73. The summed E-state index contributed by atoms with van der Waals surface area (Å²) in [6.45, 7) is 9.54. The van der Waals surface area contributed by atoms with E-state index in [2.05, 4.69) is 32.1 Å². The predicted molar refractivity (Wildman–Crippen MR) is 112 cm³/mol. The lowest BCUT2D eigenvalue weighted by molar-refractivity contribution is 0.248. The lowest BCUT2D eigenvalue weighted by Crippen LogP contribution is -2.46. The zero-order valence-electron chi connectivity index (χ0n) is 17.1. The molecule has 1 saturated heterocycles. The van der Waals surface area contributed by atoms with Gasteiger partial charge in [0.25, 0.3) is 5.56 Å². The SMILES string of the molecule is Cc1noc(C)c1CN1CCN(c2ccc3c(=O)n(CC4CC4)cnc3c2)CC1. The summed E-state index contributed by atoms with van der Waals surface area (Å²) in [4.78, 5) is 22.1. The Morgan fingerprint density at radius 3 is 2.62 bits per heavy atom. The number of fused-ring (bicyclic) bond motifs is 1. The highest BCUT2D eigenvalue weighted by atomic mass is 16.5. The van der Waals surface area contributed by atoms with Crippen LogP contribution in [0, 0.1) is 19.8 Å². The minimum absolute atomic E-state index is 0.0812. The van der Waals surface area contributed by atoms with Crippen molar-refractivity contribution in [3.05, 3.63) is 51.9 Å². The van der Waals surface area contributed by atoms with E-state index in [0.717, 1.165) is 61.9 Å². The van der Waals surface area contributed by atoms with Crippen LogP contribution in [0.1, 0.15) is 29.9 Å². The topological polar surface area (TPSA) is 67.4 Å². The molecule has 0 unspecified atom stereocenters. The van der Waals surface area contributed by atoms with Crippen molar-refractivity contribution in [1.82, 2.24) is 19.6 Å². The third-order valence-corrected chi connectivity index (χ3v) is 6.26. The Morgan fingerprint density at radius 2 is 1.93 bits per heavy atom. The van der Waals surface area contributed by atoms with Gasteiger partial charge in [0.2, 0.25) is 0 Å². The molecule has 5 rings (SSSR count). The second kappa shape index (κ2) is 7.30. The van der Waals surface area contributed by atoms with Gasteiger partial charge in [-0.3, -0.25) is 14.3 Å². The standard InChI is InChI=1S/C22H27N5O2/c1-15-20(16(2)29-24-15)13-25-7-9-26(10-8-25)18-5-6-19-21(11-18)23-14-27(22(19)28)12-17-3-4-17/h5-6,11,14,17H,3-4,7-10,12-13H2,1-2H3. The van der Waals surface area contributed by atoms with Gasteiger partial charge in [0.1, 0.15) is 5.76 Å². The monoisotopic (exact) mass is 393 g/mol. The van der Waals surface area contributed by atoms with Gasteiger partial charge in [0.15, 0.2) is 0 Å². The van der Waals surface area contributed by atoms with Crippen molar-refractivity contribution >= 4 is 16.6 Å². The molecule has 2 aliphatic rings. The van der Waals surface area contributed by atoms with E-state index in [1.54, 1.807) is 10.9 Å². The third-order valence-electron chi connectivity index (χ3n) is 6.26. The Hall–Kier alpha value is -2.67. The summed E-state index contributed by atoms with van der Waals surface area (Å²) in [6, 6.07) is 6.07. The fourth-order valence-electron chi connectivity index (χ4n) is 4.17. The Kier molecular flexibility index (Phi) is 4.62. The molecule has 152 valence electrons. The first-order valence-corrected chi connectivity index (χ1v) is 10.5. The second-order valence-electron chi connectivity index (χ2n) is 8.41. The first-order chi connectivity index (χ1) is 14.1. The number of anilines is 1. The van der Waals surface area contributed by atoms with Gasteiger partial charge in [-0.05, 0) is 50.8 Å². The van der Waals surface area contributed by atoms with Crippen LogP contribution in [0.25, 0.3) is 10.9 Å². The van der Waals surface area contributed by atoms with Crippen LogP contribution in [-0.2, 0) is 13.1 Å². The summed E-state index contributed by atoms with van der Waals surface area (Å²) in [6.07, 6.45) is 4.17. The minimum atomic E-state index is 0.0812. The molecule has 1 aromatic carbocycles. The van der Waals surface area contributed by atoms with Crippen molar-refractivity contribution in [2.75, 3.05) is 31.1 Å². The Bertz CT molecular complexity index is 1070. The van der Waals surface area contributed by atoms with Crippen molar-refractivity contribution in [3.8, 4) is 0 Å². The lowest BCUT2D eigenvalue weighted by Gasteiger charge is -2.36. The number of rotatable bonds is 5. The van der Waals surface area contributed by atoms with Gasteiger partial charge in [-0.2, -0.15) is 0 Å². The summed E-state index contributed by atoms with van der Waals surface area (Å²) in [5, 5.41) is 4.78. The maximum absolute atomic E-state index is 12.7. The largest absolute Gasteiger partial charge is 0.369 e. The highest BCUT2D eigenvalue weighted by Crippen LogP contribution is 2.30. The van der Waals surface area contributed by atoms with Crippen molar-refractivity contribution in [3.63, 3.8) is 0 Å². The van der Waals surface area contributed by atoms with Crippen LogP contribution in [0.3, 0.4) is 0 Å². The second-order valence-corrected chi connectivity index (χ2v) is 8.41. The number of nitrogens with zero attached hydrogens (tertiary/aromatic N) is 5. The molecule has 2 aromatic heterocycles. The number of hydrogen-bond acceptors (Lipinski definition) is 6. The molecular formula is C22H27N5O2. The molecule has 7 heteroatoms. The zero-order valence-corrected chi connectivity index (χ0v) is 17.1. The molecule has 0 amide bonds. The molecule has 2 fully saturated rings. The molecule has 7 nitrogen and oxygen atoms in total. The maximum atomic E-state index is 12.7. The zero-order chi connectivity index (χ0) is 20.0. The van der Waals surface area contributed by atoms with E-state index in [9.17, 15) is 4.79 Å². The van der Waals surface area contributed by atoms with E-state index in [4.69, 9.17) is 4.52 Å². The number of aromatic nitrogens is 3. The molecule has 1 saturated carbocycles. The summed E-state index contributed by atoms with van der Waals surface area (Å²) < 4.78 is 7.06. The molecule has 0 radical (unpaired) electrons. The molecule has 0 atom stereocenters. The van der Waals surface area contributed by atoms with Gasteiger partial charge >= 0.3 is 0 Å². The fraction of sp³-hybridized carbons (Fsp3) is 0.500. The van der Waals surface area contributed by atoms with Crippen LogP contribution in [0.2, 0.25) is 0 Å². The molecule has 0 spiro atoms. The van der Waals surface area contributed by atoms with E-state index in [-0.39, 0.29) is 5.56 Å². The third kappa shape index (κ3) is 3.67. The van der Waals surface area contributed by atoms with Gasteiger partial charge < -0.3 is 9.42 Å². The average molecular weight is 393 g/mol. The number of aryl methyl sites for hydroxylation is 2. The van der Waals surface area contributed by atoms with Gasteiger partial charge in [0, 0.05) is 50.5 Å². The summed E-state index contributed by atoms with van der Waals surface area (Å²) >= 11 is 0. The Morgan fingerprint density at radius 1 is 1.14 bits per heavy atom. The van der Waals surface area contributed by atoms with E-state index in [1.807, 2.05) is 19.9 Å². The molecule has 3 aromatic rings. The quantitative estimate of drug-likeness (QED) is 0.664. The van der Waals surface area contributed by atoms with E-state index in [1.165, 1.54) is 18.4 Å². The maximum Gasteiger partial charge on any atom is 0.261 e. The first-order valence-electron chi connectivity index (χ1n) is 10.5. The van der Waals surface area contributed by atoms with Crippen molar-refractivity contribution in [2.45, 2.75) is 39.8 Å². The van der Waals surface area contributed by atoms with Gasteiger partial charge in [-0.25, -0.2) is 4.98 Å². The number of hydrogen-bond donors (Lipinski definition) is 0. The Balaban J connectivity index is 1.28. The van der Waals surface area contributed by atoms with E-state index < -0.39 is 0 Å². The van der Waals surface area contributed by atoms with Crippen molar-refractivity contribution in [1.29, 1.82) is 0 Å². The number of piperazine rings is 1. The van der Waals surface area contributed by atoms with Crippen molar-refractivity contribution < 1.29 is 4.52 Å². The first kappa shape index (κ1) is 18.4. The molecule has 1 aliphatic heterocycles. The lowest BCUT2D eigenvalue weighted by atomic mass is 10.1. The van der Waals surface area contributed by atoms with Gasteiger partial charge in [-0.1, -0.05) is 5.16 Å². The van der Waals surface area contributed by atoms with Crippen LogP contribution in [0.5, 0.6) is 0 Å². The van der Waals surface area contributed by atoms with Crippen LogP contribution in [-0.4, -0.2) is 45.8 Å². The van der Waals surface area contributed by atoms with Crippen LogP contribution < -0.4 is 10.5 Å². The highest BCUT2D eigenvalue weighted by molar-refractivity contribution is 5.81. The Labute approximate surface area is 169 Å². The summed E-state index contributed by atoms with van der Waals surface area (Å²) in [7, 11) is 0. The van der Waals surface area contributed by atoms with Crippen LogP contribution in [0.15, 0.2) is 33.8 Å². The van der Waals surface area contributed by atoms with Gasteiger partial charge in [-0.15, -0.1) is 0 Å². The van der Waals surface area contributed by atoms with E-state index in [0.29, 0.717) is 11.3 Å². The van der Waals surface area contributed by atoms with Crippen LogP contribution >= 0.6 is 0 Å². The van der Waals surface area contributed by atoms with Gasteiger partial charge in [0.05, 0.1) is 22.9 Å². The smallest absolute Gasteiger partial charge is 0.261 e. The summed E-state index contributed by atoms with van der Waals surface area (Å²) in [5.41, 5.74) is 4.20. The molecule has 0 N–H and O–H groups in total. The normalized spacial score (nSPS) is 17.9. The van der Waals surface area contributed by atoms with Crippen LogP contribution in [0.4, 0.5) is 5.69 Å². The molecule has 29 heavy (non-hydrogen) atoms. The molecule has 3 heterocycles. The summed E-state index contributed by atoms with van der Waals surface area (Å²) in [5.74, 6) is 1.57. The average Bonchev–Trinajstić information content (AvgIpc) is 3.51. The molecule has 0 bridgehead atoms. The fourth-order valence-corrected chi connectivity index (χ4v) is 4.17. The highest BCUT2D eigenvalue weighted by Gasteiger charge is 2.23. The molecule has 1 aliphatic carbocycles. The van der Waals surface area contributed by atoms with E-state index >= 15 is 0 Å².